The van der Waals surface area contributed by atoms with Crippen LogP contribution in [0.25, 0.3) is 0 Å². The number of carbonyl (C=O) groups is 1. The molecule has 1 aromatic rings. The van der Waals surface area contributed by atoms with E-state index in [-0.39, 0.29) is 18.6 Å². The van der Waals surface area contributed by atoms with Crippen LogP contribution in [-0.2, 0) is 9.53 Å². The molecule has 1 aromatic carbocycles. The molecule has 1 unspecified atom stereocenters. The van der Waals surface area contributed by atoms with Gasteiger partial charge < -0.3 is 10.1 Å². The molecule has 0 spiro atoms. The molecule has 1 atom stereocenters. The standard InChI is InChI=1S/C12H16BrNO2/c1-3-16-12(15)8-14-9(2)10-4-6-11(13)7-5-10/h4-7,9,14H,3,8H2,1-2H3. The van der Waals surface area contributed by atoms with E-state index in [4.69, 9.17) is 4.74 Å². The van der Waals surface area contributed by atoms with Crippen LogP contribution in [0.4, 0.5) is 0 Å². The Kier molecular flexibility index (Phi) is 5.49. The van der Waals surface area contributed by atoms with Crippen molar-refractivity contribution in [1.82, 2.24) is 5.32 Å². The molecule has 0 radical (unpaired) electrons. The summed E-state index contributed by atoms with van der Waals surface area (Å²) in [7, 11) is 0. The third-order valence-corrected chi connectivity index (χ3v) is 2.76. The Hall–Kier alpha value is -0.870. The largest absolute Gasteiger partial charge is 0.465 e. The fourth-order valence-corrected chi connectivity index (χ4v) is 1.58. The van der Waals surface area contributed by atoms with Crippen LogP contribution < -0.4 is 5.32 Å². The SMILES string of the molecule is CCOC(=O)CNC(C)c1ccc(Br)cc1. The predicted octanol–water partition coefficient (Wildman–Crippen LogP) is 2.66. The van der Waals surface area contributed by atoms with Gasteiger partial charge in [0.2, 0.25) is 0 Å². The lowest BCUT2D eigenvalue weighted by Gasteiger charge is -2.13. The van der Waals surface area contributed by atoms with Gasteiger partial charge in [0.15, 0.2) is 0 Å². The summed E-state index contributed by atoms with van der Waals surface area (Å²) in [5.74, 6) is -0.216. The molecular formula is C12H16BrNO2. The maximum absolute atomic E-state index is 11.1. The molecule has 0 aromatic heterocycles. The first kappa shape index (κ1) is 13.2. The molecule has 0 bridgehead atoms. The summed E-state index contributed by atoms with van der Waals surface area (Å²) >= 11 is 3.38. The van der Waals surface area contributed by atoms with Gasteiger partial charge in [-0.3, -0.25) is 4.79 Å². The molecule has 16 heavy (non-hydrogen) atoms. The highest BCUT2D eigenvalue weighted by Crippen LogP contribution is 2.16. The van der Waals surface area contributed by atoms with E-state index in [1.54, 1.807) is 6.92 Å². The van der Waals surface area contributed by atoms with Crippen LogP contribution in [0, 0.1) is 0 Å². The second-order valence-corrected chi connectivity index (χ2v) is 4.37. The van der Waals surface area contributed by atoms with Gasteiger partial charge in [-0.2, -0.15) is 0 Å². The number of rotatable bonds is 5. The lowest BCUT2D eigenvalue weighted by molar-refractivity contribution is -0.142. The van der Waals surface area contributed by atoms with E-state index >= 15 is 0 Å². The Morgan fingerprint density at radius 3 is 2.62 bits per heavy atom. The Balaban J connectivity index is 2.43. The van der Waals surface area contributed by atoms with E-state index in [1.165, 1.54) is 0 Å². The number of carbonyl (C=O) groups excluding carboxylic acids is 1. The maximum Gasteiger partial charge on any atom is 0.319 e. The highest BCUT2D eigenvalue weighted by atomic mass is 79.9. The molecule has 1 N–H and O–H groups in total. The van der Waals surface area contributed by atoms with Crippen molar-refractivity contribution in [3.05, 3.63) is 34.3 Å². The lowest BCUT2D eigenvalue weighted by atomic mass is 10.1. The van der Waals surface area contributed by atoms with Crippen molar-refractivity contribution in [1.29, 1.82) is 0 Å². The van der Waals surface area contributed by atoms with E-state index in [0.717, 1.165) is 10.0 Å². The molecule has 0 saturated heterocycles. The number of halogens is 1. The molecular weight excluding hydrogens is 270 g/mol. The third-order valence-electron chi connectivity index (χ3n) is 2.23. The summed E-state index contributed by atoms with van der Waals surface area (Å²) < 4.78 is 5.89. The van der Waals surface area contributed by atoms with Gasteiger partial charge in [-0.25, -0.2) is 0 Å². The van der Waals surface area contributed by atoms with Crippen LogP contribution in [0.2, 0.25) is 0 Å². The van der Waals surface area contributed by atoms with Gasteiger partial charge in [-0.15, -0.1) is 0 Å². The predicted molar refractivity (Wildman–Crippen MR) is 67.2 cm³/mol. The van der Waals surface area contributed by atoms with E-state index in [0.29, 0.717) is 6.61 Å². The molecule has 3 nitrogen and oxygen atoms in total. The van der Waals surface area contributed by atoms with E-state index in [9.17, 15) is 4.79 Å². The minimum atomic E-state index is -0.216. The summed E-state index contributed by atoms with van der Waals surface area (Å²) in [6.07, 6.45) is 0. The Labute approximate surface area is 104 Å². The van der Waals surface area contributed by atoms with Crippen LogP contribution in [0.15, 0.2) is 28.7 Å². The number of benzene rings is 1. The summed E-state index contributed by atoms with van der Waals surface area (Å²) in [4.78, 5) is 11.1. The zero-order valence-corrected chi connectivity index (χ0v) is 11.1. The van der Waals surface area contributed by atoms with Crippen LogP contribution in [0.3, 0.4) is 0 Å². The van der Waals surface area contributed by atoms with E-state index < -0.39 is 0 Å². The van der Waals surface area contributed by atoms with Crippen molar-refractivity contribution >= 4 is 21.9 Å². The second-order valence-electron chi connectivity index (χ2n) is 3.46. The van der Waals surface area contributed by atoms with Crippen LogP contribution >= 0.6 is 15.9 Å². The monoisotopic (exact) mass is 285 g/mol. The Bertz CT molecular complexity index is 337. The molecule has 0 aliphatic carbocycles. The van der Waals surface area contributed by atoms with Crippen molar-refractivity contribution < 1.29 is 9.53 Å². The van der Waals surface area contributed by atoms with Crippen molar-refractivity contribution in [2.24, 2.45) is 0 Å². The molecule has 0 aliphatic heterocycles. The normalized spacial score (nSPS) is 12.2. The topological polar surface area (TPSA) is 38.3 Å². The van der Waals surface area contributed by atoms with Gasteiger partial charge in [0.05, 0.1) is 13.2 Å². The zero-order chi connectivity index (χ0) is 12.0. The fourth-order valence-electron chi connectivity index (χ4n) is 1.32. The lowest BCUT2D eigenvalue weighted by Crippen LogP contribution is -2.27. The summed E-state index contributed by atoms with van der Waals surface area (Å²) in [5.41, 5.74) is 1.15. The summed E-state index contributed by atoms with van der Waals surface area (Å²) in [6.45, 7) is 4.48. The summed E-state index contributed by atoms with van der Waals surface area (Å²) in [5, 5.41) is 3.11. The molecule has 88 valence electrons. The van der Waals surface area contributed by atoms with Crippen LogP contribution in [0.1, 0.15) is 25.5 Å². The quantitative estimate of drug-likeness (QED) is 0.846. The molecule has 1 rings (SSSR count). The molecule has 0 aliphatic rings. The third kappa shape index (κ3) is 4.33. The van der Waals surface area contributed by atoms with Crippen LogP contribution in [0.5, 0.6) is 0 Å². The Morgan fingerprint density at radius 1 is 1.44 bits per heavy atom. The molecule has 0 amide bonds. The first-order chi connectivity index (χ1) is 7.63. The van der Waals surface area contributed by atoms with E-state index in [2.05, 4.69) is 21.2 Å². The number of hydrogen-bond donors (Lipinski definition) is 1. The van der Waals surface area contributed by atoms with Gasteiger partial charge in [0, 0.05) is 10.5 Å². The van der Waals surface area contributed by atoms with Gasteiger partial charge in [-0.1, -0.05) is 28.1 Å². The average molecular weight is 286 g/mol. The van der Waals surface area contributed by atoms with Gasteiger partial charge in [-0.05, 0) is 31.5 Å². The van der Waals surface area contributed by atoms with Crippen molar-refractivity contribution in [3.8, 4) is 0 Å². The van der Waals surface area contributed by atoms with Crippen molar-refractivity contribution in [2.45, 2.75) is 19.9 Å². The first-order valence-electron chi connectivity index (χ1n) is 5.28. The molecule has 0 heterocycles. The smallest absolute Gasteiger partial charge is 0.319 e. The minimum Gasteiger partial charge on any atom is -0.465 e. The summed E-state index contributed by atoms with van der Waals surface area (Å²) in [6, 6.07) is 8.15. The van der Waals surface area contributed by atoms with Crippen LogP contribution in [-0.4, -0.2) is 19.1 Å². The van der Waals surface area contributed by atoms with Gasteiger partial charge >= 0.3 is 5.97 Å². The number of ether oxygens (including phenoxy) is 1. The van der Waals surface area contributed by atoms with E-state index in [1.807, 2.05) is 31.2 Å². The Morgan fingerprint density at radius 2 is 2.06 bits per heavy atom. The van der Waals surface area contributed by atoms with Gasteiger partial charge in [0.25, 0.3) is 0 Å². The molecule has 0 saturated carbocycles. The highest BCUT2D eigenvalue weighted by Gasteiger charge is 2.07. The van der Waals surface area contributed by atoms with Crippen molar-refractivity contribution in [3.63, 3.8) is 0 Å². The van der Waals surface area contributed by atoms with Gasteiger partial charge in [0.1, 0.15) is 0 Å². The maximum atomic E-state index is 11.1. The second kappa shape index (κ2) is 6.66. The average Bonchev–Trinajstić information content (AvgIpc) is 2.27. The highest BCUT2D eigenvalue weighted by molar-refractivity contribution is 9.10. The minimum absolute atomic E-state index is 0.137. The zero-order valence-electron chi connectivity index (χ0n) is 9.50. The fraction of sp³-hybridized carbons (Fsp3) is 0.417. The number of hydrogen-bond acceptors (Lipinski definition) is 3. The molecule has 0 fully saturated rings. The number of nitrogens with one attached hydrogen (secondary N) is 1. The van der Waals surface area contributed by atoms with Crippen molar-refractivity contribution in [2.75, 3.05) is 13.2 Å². The first-order valence-corrected chi connectivity index (χ1v) is 6.07. The number of esters is 1. The molecule has 4 heteroatoms.